The van der Waals surface area contributed by atoms with Gasteiger partial charge in [-0.1, -0.05) is 0 Å². The first-order valence-corrected chi connectivity index (χ1v) is 15.5. The molecule has 1 aliphatic rings. The number of anilines is 1. The van der Waals surface area contributed by atoms with Gasteiger partial charge < -0.3 is 40.5 Å². The minimum atomic E-state index is -5.86. The lowest BCUT2D eigenvalue weighted by atomic mass is 10.1. The van der Waals surface area contributed by atoms with Crippen molar-refractivity contribution in [3.05, 3.63) is 42.5 Å². The van der Waals surface area contributed by atoms with Gasteiger partial charge in [0.1, 0.15) is 42.5 Å². The van der Waals surface area contributed by atoms with Gasteiger partial charge in [0.2, 0.25) is 0 Å². The Hall–Kier alpha value is -2.67. The molecule has 41 heavy (non-hydrogen) atoms. The average molecular weight is 641 g/mol. The summed E-state index contributed by atoms with van der Waals surface area (Å²) in [5, 5.41) is 30.0. The molecule has 0 amide bonds. The van der Waals surface area contributed by atoms with Crippen molar-refractivity contribution >= 4 is 46.2 Å². The number of nitrogens with zero attached hydrogens (tertiary/aromatic N) is 4. The van der Waals surface area contributed by atoms with Gasteiger partial charge in [0.15, 0.2) is 23.5 Å². The van der Waals surface area contributed by atoms with Crippen LogP contribution < -0.4 is 5.73 Å². The van der Waals surface area contributed by atoms with Crippen LogP contribution in [0.15, 0.2) is 36.9 Å². The average Bonchev–Trinajstić information content (AvgIpc) is 3.42. The Kier molecular flexibility index (Phi) is 9.08. The summed E-state index contributed by atoms with van der Waals surface area (Å²) in [5.74, 6) is -1.02. The minimum Gasteiger partial charge on any atom is -0.508 e. The van der Waals surface area contributed by atoms with Gasteiger partial charge in [0.05, 0.1) is 12.9 Å². The van der Waals surface area contributed by atoms with Crippen molar-refractivity contribution < 1.29 is 70.9 Å². The number of aliphatic hydroxyl groups is 2. The molecular formula is C18H22N5O15P3. The minimum absolute atomic E-state index is 0.0254. The number of rotatable bonds is 12. The van der Waals surface area contributed by atoms with E-state index in [2.05, 4.69) is 32.6 Å². The fraction of sp³-hybridized carbons (Fsp3) is 0.333. The Bertz CT molecular complexity index is 1570. The van der Waals surface area contributed by atoms with Crippen LogP contribution >= 0.6 is 23.5 Å². The smallest absolute Gasteiger partial charge is 0.490 e. The highest BCUT2D eigenvalue weighted by atomic mass is 31.3. The molecule has 1 aliphatic heterocycles. The highest BCUT2D eigenvalue weighted by Gasteiger charge is 2.47. The van der Waals surface area contributed by atoms with Gasteiger partial charge >= 0.3 is 23.5 Å². The number of aliphatic hydroxyl groups excluding tert-OH is 2. The first-order chi connectivity index (χ1) is 19.1. The number of imidazole rings is 1. The maximum atomic E-state index is 12.2. The zero-order chi connectivity index (χ0) is 30.2. The number of hydrogen-bond acceptors (Lipinski definition) is 16. The number of ether oxygens (including phenoxy) is 1. The Balaban J connectivity index is 1.32. The van der Waals surface area contributed by atoms with E-state index < -0.39 is 67.0 Å². The molecule has 0 saturated carbocycles. The topological polar surface area (TPSA) is 305 Å². The predicted octanol–water partition coefficient (Wildman–Crippen LogP) is -0.0162. The quantitative estimate of drug-likeness (QED) is 0.101. The second-order valence-corrected chi connectivity index (χ2v) is 12.9. The summed E-state index contributed by atoms with van der Waals surface area (Å²) in [6, 6.07) is 4.63. The molecule has 23 heteroatoms. The van der Waals surface area contributed by atoms with Gasteiger partial charge in [-0.05, 0) is 24.3 Å². The van der Waals surface area contributed by atoms with E-state index in [9.17, 15) is 48.5 Å². The molecule has 0 aliphatic carbocycles. The number of nitrogens with two attached hydrogens (primary N) is 1. The maximum absolute atomic E-state index is 12.2. The zero-order valence-corrected chi connectivity index (χ0v) is 22.9. The SMILES string of the molecule is Nc1ncnc2c1ncn2[C@@H]1O[C@H](COP(=O)(O)OP(=O)(O)OP(=O)(O)OCC(=O)c2ccc(O)cc2)[C@@H](O)[C@H]1O. The molecule has 1 aromatic carbocycles. The van der Waals surface area contributed by atoms with E-state index in [4.69, 9.17) is 10.5 Å². The molecule has 7 atom stereocenters. The van der Waals surface area contributed by atoms with Crippen molar-refractivity contribution in [3.63, 3.8) is 0 Å². The second-order valence-electron chi connectivity index (χ2n) is 8.24. The molecule has 1 fully saturated rings. The van der Waals surface area contributed by atoms with Gasteiger partial charge in [-0.25, -0.2) is 28.6 Å². The number of fused-ring (bicyclic) bond motifs is 1. The van der Waals surface area contributed by atoms with Gasteiger partial charge in [0.25, 0.3) is 0 Å². The van der Waals surface area contributed by atoms with Crippen LogP contribution in [0.1, 0.15) is 16.6 Å². The first kappa shape index (κ1) is 31.3. The Morgan fingerprint density at radius 3 is 2.24 bits per heavy atom. The van der Waals surface area contributed by atoms with Crippen LogP contribution in [-0.2, 0) is 36.1 Å². The molecule has 4 rings (SSSR count). The number of ketones is 1. The molecule has 0 bridgehead atoms. The number of phosphoric acid groups is 3. The number of phenols is 1. The van der Waals surface area contributed by atoms with Gasteiger partial charge in [-0.15, -0.1) is 0 Å². The van der Waals surface area contributed by atoms with Crippen LogP contribution in [0.3, 0.4) is 0 Å². The van der Waals surface area contributed by atoms with Crippen molar-refractivity contribution in [2.24, 2.45) is 0 Å². The lowest BCUT2D eigenvalue weighted by Crippen LogP contribution is -2.33. The Labute approximate surface area is 228 Å². The molecule has 20 nitrogen and oxygen atoms in total. The van der Waals surface area contributed by atoms with Gasteiger partial charge in [-0.2, -0.15) is 8.62 Å². The number of carbonyl (C=O) groups excluding carboxylic acids is 1. The van der Waals surface area contributed by atoms with Gasteiger partial charge in [-0.3, -0.25) is 18.4 Å². The number of benzene rings is 1. The van der Waals surface area contributed by atoms with Crippen molar-refractivity contribution in [3.8, 4) is 5.75 Å². The third kappa shape index (κ3) is 7.59. The lowest BCUT2D eigenvalue weighted by Gasteiger charge is -2.20. The molecule has 3 unspecified atom stereocenters. The van der Waals surface area contributed by atoms with Crippen molar-refractivity contribution in [2.45, 2.75) is 24.5 Å². The zero-order valence-electron chi connectivity index (χ0n) is 20.3. The normalized spacial score (nSPS) is 25.4. The molecule has 3 aromatic rings. The molecule has 2 aromatic heterocycles. The standard InChI is InChI=1S/C18H22N5O15P3/c19-16-13-17(21-7-20-16)23(8-22-13)18-15(27)14(26)12(36-18)6-35-40(30,31)38-41(32,33)37-39(28,29)34-5-11(25)9-1-3-10(24)4-2-9/h1-4,7-8,12,14-15,18,24,26-27H,5-6H2,(H,28,29)(H,30,31)(H,32,33)(H2,19,20,21)/t12-,14-,15-,18-/m1/s1. The van der Waals surface area contributed by atoms with Crippen LogP contribution in [0.5, 0.6) is 5.75 Å². The second kappa shape index (κ2) is 11.9. The number of aromatic nitrogens is 4. The number of carbonyl (C=O) groups is 1. The van der Waals surface area contributed by atoms with Crippen molar-refractivity contribution in [2.75, 3.05) is 18.9 Å². The Morgan fingerprint density at radius 2 is 1.59 bits per heavy atom. The summed E-state index contributed by atoms with van der Waals surface area (Å²) >= 11 is 0. The Morgan fingerprint density at radius 1 is 0.951 bits per heavy atom. The highest BCUT2D eigenvalue weighted by Crippen LogP contribution is 2.67. The summed E-state index contributed by atoms with van der Waals surface area (Å²) in [5.41, 5.74) is 5.95. The summed E-state index contributed by atoms with van der Waals surface area (Å²) in [7, 11) is -16.9. The van der Waals surface area contributed by atoms with E-state index >= 15 is 0 Å². The number of phosphoric ester groups is 2. The third-order valence-corrected chi connectivity index (χ3v) is 9.59. The summed E-state index contributed by atoms with van der Waals surface area (Å²) < 4.78 is 59.8. The maximum Gasteiger partial charge on any atom is 0.490 e. The molecule has 8 N–H and O–H groups in total. The summed E-state index contributed by atoms with van der Waals surface area (Å²) in [6.07, 6.45) is -3.88. The number of aromatic hydroxyl groups is 1. The van der Waals surface area contributed by atoms with E-state index in [1.165, 1.54) is 10.9 Å². The van der Waals surface area contributed by atoms with E-state index in [0.717, 1.165) is 30.6 Å². The molecule has 1 saturated heterocycles. The highest BCUT2D eigenvalue weighted by molar-refractivity contribution is 7.66. The first-order valence-electron chi connectivity index (χ1n) is 11.0. The lowest BCUT2D eigenvalue weighted by molar-refractivity contribution is -0.0503. The van der Waals surface area contributed by atoms with Crippen LogP contribution in [0.4, 0.5) is 5.82 Å². The van der Waals surface area contributed by atoms with Gasteiger partial charge in [0, 0.05) is 5.56 Å². The fourth-order valence-corrected chi connectivity index (χ4v) is 6.98. The predicted molar refractivity (Wildman–Crippen MR) is 132 cm³/mol. The van der Waals surface area contributed by atoms with E-state index in [-0.39, 0.29) is 28.3 Å². The number of hydrogen-bond donors (Lipinski definition) is 7. The summed E-state index contributed by atoms with van der Waals surface area (Å²) in [6.45, 7) is -2.13. The van der Waals surface area contributed by atoms with Crippen LogP contribution in [-0.4, -0.2) is 86.8 Å². The molecular weight excluding hydrogens is 619 g/mol. The van der Waals surface area contributed by atoms with Crippen molar-refractivity contribution in [1.29, 1.82) is 0 Å². The largest absolute Gasteiger partial charge is 0.508 e. The number of phenolic OH excluding ortho intramolecular Hbond substituents is 1. The van der Waals surface area contributed by atoms with E-state index in [1.54, 1.807) is 0 Å². The third-order valence-electron chi connectivity index (χ3n) is 5.36. The molecule has 224 valence electrons. The van der Waals surface area contributed by atoms with Crippen molar-refractivity contribution in [1.82, 2.24) is 19.5 Å². The molecule has 0 spiro atoms. The summed E-state index contributed by atoms with van der Waals surface area (Å²) in [4.78, 5) is 52.9. The van der Waals surface area contributed by atoms with Crippen LogP contribution in [0.2, 0.25) is 0 Å². The van der Waals surface area contributed by atoms with Crippen LogP contribution in [0.25, 0.3) is 11.2 Å². The van der Waals surface area contributed by atoms with E-state index in [1.807, 2.05) is 0 Å². The fourth-order valence-electron chi connectivity index (χ4n) is 3.51. The molecule has 3 heterocycles. The number of nitrogen functional groups attached to an aromatic ring is 1. The van der Waals surface area contributed by atoms with Crippen LogP contribution in [0, 0.1) is 0 Å². The molecule has 0 radical (unpaired) electrons. The monoisotopic (exact) mass is 641 g/mol. The van der Waals surface area contributed by atoms with E-state index in [0.29, 0.717) is 0 Å². The number of Topliss-reactive ketones (excluding diaryl/α,β-unsaturated/α-hetero) is 1.